The van der Waals surface area contributed by atoms with Crippen LogP contribution in [-0.4, -0.2) is 13.1 Å². The topological polar surface area (TPSA) is 25.2 Å². The van der Waals surface area contributed by atoms with Gasteiger partial charge in [0.2, 0.25) is 0 Å². The first-order chi connectivity index (χ1) is 8.60. The van der Waals surface area contributed by atoms with E-state index in [2.05, 4.69) is 28.2 Å². The fourth-order valence-corrected chi connectivity index (χ4v) is 2.16. The lowest BCUT2D eigenvalue weighted by Crippen LogP contribution is -2.23. The zero-order chi connectivity index (χ0) is 13.1. The molecular formula is C14H15BrFNO. The van der Waals surface area contributed by atoms with E-state index >= 15 is 0 Å². The highest BCUT2D eigenvalue weighted by atomic mass is 79.9. The van der Waals surface area contributed by atoms with Crippen LogP contribution >= 0.6 is 15.9 Å². The van der Waals surface area contributed by atoms with Gasteiger partial charge in [0.15, 0.2) is 0 Å². The van der Waals surface area contributed by atoms with Gasteiger partial charge in [-0.25, -0.2) is 4.39 Å². The van der Waals surface area contributed by atoms with Crippen molar-refractivity contribution in [3.05, 3.63) is 46.4 Å². The maximum absolute atomic E-state index is 13.2. The molecule has 0 amide bonds. The van der Waals surface area contributed by atoms with E-state index in [1.54, 1.807) is 6.07 Å². The summed E-state index contributed by atoms with van der Waals surface area (Å²) >= 11 is 3.40. The molecule has 2 aromatic rings. The van der Waals surface area contributed by atoms with Gasteiger partial charge < -0.3 is 9.73 Å². The van der Waals surface area contributed by atoms with Crippen molar-refractivity contribution in [2.45, 2.75) is 19.4 Å². The number of hydrogen-bond donors (Lipinski definition) is 1. The number of rotatable bonds is 4. The average Bonchev–Trinajstić information content (AvgIpc) is 2.80. The molecule has 2 nitrogen and oxygen atoms in total. The van der Waals surface area contributed by atoms with Gasteiger partial charge in [0.25, 0.3) is 0 Å². The van der Waals surface area contributed by atoms with Crippen LogP contribution in [0.5, 0.6) is 0 Å². The third-order valence-corrected chi connectivity index (χ3v) is 3.55. The Kier molecular flexibility index (Phi) is 4.19. The summed E-state index contributed by atoms with van der Waals surface area (Å²) in [5, 5.41) is 3.15. The molecule has 1 unspecified atom stereocenters. The molecule has 4 heteroatoms. The monoisotopic (exact) mass is 311 g/mol. The third kappa shape index (κ3) is 3.00. The van der Waals surface area contributed by atoms with Crippen LogP contribution in [0, 0.1) is 5.82 Å². The first kappa shape index (κ1) is 13.3. The molecule has 0 aliphatic rings. The van der Waals surface area contributed by atoms with Crippen molar-refractivity contribution in [3.8, 4) is 11.3 Å². The maximum atomic E-state index is 13.2. The van der Waals surface area contributed by atoms with Crippen molar-refractivity contribution in [1.82, 2.24) is 5.32 Å². The van der Waals surface area contributed by atoms with Crippen LogP contribution in [0.15, 0.2) is 39.2 Å². The molecule has 0 bridgehead atoms. The van der Waals surface area contributed by atoms with Gasteiger partial charge in [-0.1, -0.05) is 15.9 Å². The third-order valence-electron chi connectivity index (χ3n) is 2.86. The van der Waals surface area contributed by atoms with Crippen molar-refractivity contribution in [2.75, 3.05) is 7.05 Å². The number of halogens is 2. The van der Waals surface area contributed by atoms with Crippen LogP contribution in [0.25, 0.3) is 11.3 Å². The first-order valence-corrected chi connectivity index (χ1v) is 6.61. The molecule has 96 valence electrons. The second-order valence-corrected chi connectivity index (χ2v) is 5.14. The normalized spacial score (nSPS) is 12.7. The molecule has 18 heavy (non-hydrogen) atoms. The molecule has 1 aromatic carbocycles. The van der Waals surface area contributed by atoms with Crippen LogP contribution < -0.4 is 5.32 Å². The number of nitrogens with one attached hydrogen (secondary N) is 1. The molecule has 0 spiro atoms. The zero-order valence-electron chi connectivity index (χ0n) is 10.3. The van der Waals surface area contributed by atoms with Crippen molar-refractivity contribution in [2.24, 2.45) is 0 Å². The summed E-state index contributed by atoms with van der Waals surface area (Å²) in [6.07, 6.45) is 0.809. The van der Waals surface area contributed by atoms with Gasteiger partial charge in [0.1, 0.15) is 17.3 Å². The lowest BCUT2D eigenvalue weighted by Gasteiger charge is -2.07. The van der Waals surface area contributed by atoms with Crippen molar-refractivity contribution >= 4 is 15.9 Å². The highest BCUT2D eigenvalue weighted by Gasteiger charge is 2.11. The minimum atomic E-state index is -0.269. The van der Waals surface area contributed by atoms with Gasteiger partial charge in [0, 0.05) is 22.5 Å². The fourth-order valence-electron chi connectivity index (χ4n) is 1.72. The van der Waals surface area contributed by atoms with Crippen molar-refractivity contribution in [1.29, 1.82) is 0 Å². The van der Waals surface area contributed by atoms with Crippen LogP contribution in [0.1, 0.15) is 12.7 Å². The first-order valence-electron chi connectivity index (χ1n) is 5.81. The summed E-state index contributed by atoms with van der Waals surface area (Å²) in [6, 6.07) is 8.72. The van der Waals surface area contributed by atoms with Gasteiger partial charge in [-0.3, -0.25) is 0 Å². The molecule has 1 atom stereocenters. The molecular weight excluding hydrogens is 297 g/mol. The Hall–Kier alpha value is -1.13. The highest BCUT2D eigenvalue weighted by molar-refractivity contribution is 9.10. The Labute approximate surface area is 114 Å². The Bertz CT molecular complexity index is 538. The van der Waals surface area contributed by atoms with Crippen LogP contribution in [0.4, 0.5) is 4.39 Å². The molecule has 0 saturated carbocycles. The summed E-state index contributed by atoms with van der Waals surface area (Å²) in [4.78, 5) is 0. The van der Waals surface area contributed by atoms with E-state index < -0.39 is 0 Å². The minimum absolute atomic E-state index is 0.269. The second kappa shape index (κ2) is 5.67. The van der Waals surface area contributed by atoms with E-state index in [0.717, 1.165) is 22.2 Å². The SMILES string of the molecule is CNC(C)Cc1ccc(-c2cc(F)ccc2Br)o1. The standard InChI is InChI=1S/C14H15BrFNO/c1-9(17-2)7-11-4-6-14(18-11)12-8-10(16)3-5-13(12)15/h3-6,8-9,17H,7H2,1-2H3. The van der Waals surface area contributed by atoms with Gasteiger partial charge in [0.05, 0.1) is 0 Å². The van der Waals surface area contributed by atoms with Gasteiger partial charge in [-0.15, -0.1) is 0 Å². The number of likely N-dealkylation sites (N-methyl/N-ethyl adjacent to an activating group) is 1. The Balaban J connectivity index is 2.26. The molecule has 0 aliphatic heterocycles. The maximum Gasteiger partial charge on any atom is 0.135 e. The zero-order valence-corrected chi connectivity index (χ0v) is 11.9. The number of furan rings is 1. The number of hydrogen-bond acceptors (Lipinski definition) is 2. The average molecular weight is 312 g/mol. The molecule has 2 rings (SSSR count). The van der Waals surface area contributed by atoms with E-state index in [9.17, 15) is 4.39 Å². The van der Waals surface area contributed by atoms with Gasteiger partial charge >= 0.3 is 0 Å². The van der Waals surface area contributed by atoms with E-state index in [-0.39, 0.29) is 5.82 Å². The summed E-state index contributed by atoms with van der Waals surface area (Å²) in [6.45, 7) is 2.08. The molecule has 0 aliphatic carbocycles. The lowest BCUT2D eigenvalue weighted by molar-refractivity contribution is 0.481. The summed E-state index contributed by atoms with van der Waals surface area (Å²) < 4.78 is 19.8. The van der Waals surface area contributed by atoms with E-state index in [1.807, 2.05) is 19.2 Å². The van der Waals surface area contributed by atoms with Gasteiger partial charge in [-0.05, 0) is 44.3 Å². The van der Waals surface area contributed by atoms with Gasteiger partial charge in [-0.2, -0.15) is 0 Å². The Morgan fingerprint density at radius 3 is 2.83 bits per heavy atom. The fraction of sp³-hybridized carbons (Fsp3) is 0.286. The summed E-state index contributed by atoms with van der Waals surface area (Å²) in [7, 11) is 1.91. The van der Waals surface area contributed by atoms with Crippen LogP contribution in [0.2, 0.25) is 0 Å². The van der Waals surface area contributed by atoms with E-state index in [1.165, 1.54) is 12.1 Å². The number of benzene rings is 1. The summed E-state index contributed by atoms with van der Waals surface area (Å²) in [5.41, 5.74) is 0.735. The van der Waals surface area contributed by atoms with Crippen molar-refractivity contribution < 1.29 is 8.81 Å². The Morgan fingerprint density at radius 2 is 2.11 bits per heavy atom. The molecule has 1 aromatic heterocycles. The molecule has 0 fully saturated rings. The van der Waals surface area contributed by atoms with Crippen molar-refractivity contribution in [3.63, 3.8) is 0 Å². The van der Waals surface area contributed by atoms with Crippen LogP contribution in [0.3, 0.4) is 0 Å². The quantitative estimate of drug-likeness (QED) is 0.923. The lowest BCUT2D eigenvalue weighted by atomic mass is 10.2. The van der Waals surface area contributed by atoms with E-state index in [0.29, 0.717) is 11.8 Å². The molecule has 1 heterocycles. The molecule has 0 radical (unpaired) electrons. The second-order valence-electron chi connectivity index (χ2n) is 4.28. The van der Waals surface area contributed by atoms with E-state index in [4.69, 9.17) is 4.42 Å². The van der Waals surface area contributed by atoms with Crippen LogP contribution in [-0.2, 0) is 6.42 Å². The smallest absolute Gasteiger partial charge is 0.135 e. The Morgan fingerprint density at radius 1 is 1.33 bits per heavy atom. The summed E-state index contributed by atoms with van der Waals surface area (Å²) in [5.74, 6) is 1.30. The molecule has 1 N–H and O–H groups in total. The minimum Gasteiger partial charge on any atom is -0.461 e. The largest absolute Gasteiger partial charge is 0.461 e. The predicted octanol–water partition coefficient (Wildman–Crippen LogP) is 4.00. The molecule has 0 saturated heterocycles. The highest BCUT2D eigenvalue weighted by Crippen LogP contribution is 2.30. The predicted molar refractivity (Wildman–Crippen MR) is 74.0 cm³/mol.